The topological polar surface area (TPSA) is 61.5 Å². The third kappa shape index (κ3) is 4.33. The van der Waals surface area contributed by atoms with Crippen molar-refractivity contribution < 1.29 is 14.3 Å². The largest absolute Gasteiger partial charge is 0.489 e. The van der Waals surface area contributed by atoms with Gasteiger partial charge in [0, 0.05) is 7.11 Å². The van der Waals surface area contributed by atoms with Crippen LogP contribution in [0.1, 0.15) is 28.2 Å². The van der Waals surface area contributed by atoms with Gasteiger partial charge in [0.25, 0.3) is 0 Å². The first-order valence-corrected chi connectivity index (χ1v) is 7.59. The first-order chi connectivity index (χ1) is 11.0. The molecular weight excluding hydrogens is 290 g/mol. The summed E-state index contributed by atoms with van der Waals surface area (Å²) < 4.78 is 11.1. The minimum atomic E-state index is -0.474. The van der Waals surface area contributed by atoms with E-state index in [4.69, 9.17) is 15.2 Å². The molecule has 0 saturated carbocycles. The Labute approximate surface area is 137 Å². The summed E-state index contributed by atoms with van der Waals surface area (Å²) in [6, 6.07) is 13.8. The molecule has 0 aliphatic carbocycles. The average molecular weight is 313 g/mol. The van der Waals surface area contributed by atoms with E-state index in [0.717, 1.165) is 28.0 Å². The van der Waals surface area contributed by atoms with Gasteiger partial charge in [-0.15, -0.1) is 0 Å². The highest BCUT2D eigenvalue weighted by molar-refractivity contribution is 5.82. The van der Waals surface area contributed by atoms with E-state index in [-0.39, 0.29) is 6.61 Å². The number of aryl methyl sites for hydroxylation is 2. The molecule has 1 atom stereocenters. The Morgan fingerprint density at radius 2 is 1.91 bits per heavy atom. The fraction of sp³-hybridized carbons (Fsp3) is 0.316. The van der Waals surface area contributed by atoms with Gasteiger partial charge in [0.1, 0.15) is 12.4 Å². The number of benzene rings is 2. The molecule has 0 heterocycles. The molecule has 0 radical (unpaired) electrons. The minimum Gasteiger partial charge on any atom is -0.489 e. The van der Waals surface area contributed by atoms with E-state index in [1.165, 1.54) is 0 Å². The molecule has 0 saturated heterocycles. The second kappa shape index (κ2) is 7.79. The fourth-order valence-corrected chi connectivity index (χ4v) is 2.52. The van der Waals surface area contributed by atoms with Crippen molar-refractivity contribution in [3.63, 3.8) is 0 Å². The number of nitrogens with two attached hydrogens (primary N) is 1. The van der Waals surface area contributed by atoms with Crippen LogP contribution in [0.3, 0.4) is 0 Å². The van der Waals surface area contributed by atoms with Gasteiger partial charge in [0.2, 0.25) is 5.91 Å². The van der Waals surface area contributed by atoms with Crippen molar-refractivity contribution in [2.75, 3.05) is 13.7 Å². The molecule has 0 fully saturated rings. The van der Waals surface area contributed by atoms with Gasteiger partial charge in [0.15, 0.2) is 0 Å². The molecule has 122 valence electrons. The Bertz CT molecular complexity index is 682. The summed E-state index contributed by atoms with van der Waals surface area (Å²) in [7, 11) is 1.56. The number of rotatable bonds is 7. The summed E-state index contributed by atoms with van der Waals surface area (Å²) in [5.74, 6) is -0.0217. The van der Waals surface area contributed by atoms with Crippen LogP contribution in [0.15, 0.2) is 42.5 Å². The lowest BCUT2D eigenvalue weighted by molar-refractivity contribution is -0.120. The zero-order valence-electron chi connectivity index (χ0n) is 13.8. The minimum absolute atomic E-state index is 0.260. The smallest absolute Gasteiger partial charge is 0.227 e. The highest BCUT2D eigenvalue weighted by Crippen LogP contribution is 2.24. The van der Waals surface area contributed by atoms with Crippen LogP contribution in [0.5, 0.6) is 5.75 Å². The Hall–Kier alpha value is -2.33. The SMILES string of the molecule is COCC(C(N)=O)c1ccccc1COc1cc(C)ccc1C. The molecule has 2 rings (SSSR count). The third-order valence-electron chi connectivity index (χ3n) is 3.83. The van der Waals surface area contributed by atoms with Crippen LogP contribution in [0.25, 0.3) is 0 Å². The maximum Gasteiger partial charge on any atom is 0.227 e. The average Bonchev–Trinajstić information content (AvgIpc) is 2.53. The fourth-order valence-electron chi connectivity index (χ4n) is 2.52. The number of hydrogen-bond acceptors (Lipinski definition) is 3. The molecule has 2 aromatic rings. The molecule has 4 nitrogen and oxygen atoms in total. The predicted octanol–water partition coefficient (Wildman–Crippen LogP) is 3.10. The summed E-state index contributed by atoms with van der Waals surface area (Å²) in [5.41, 5.74) is 9.53. The lowest BCUT2D eigenvalue weighted by atomic mass is 9.94. The van der Waals surface area contributed by atoms with Crippen molar-refractivity contribution in [1.29, 1.82) is 0 Å². The van der Waals surface area contributed by atoms with E-state index in [1.54, 1.807) is 7.11 Å². The molecule has 0 aromatic heterocycles. The lowest BCUT2D eigenvalue weighted by Gasteiger charge is -2.18. The normalized spacial score (nSPS) is 12.0. The van der Waals surface area contributed by atoms with Crippen molar-refractivity contribution in [3.8, 4) is 5.75 Å². The quantitative estimate of drug-likeness (QED) is 0.854. The van der Waals surface area contributed by atoms with Crippen LogP contribution in [0.2, 0.25) is 0 Å². The summed E-state index contributed by atoms with van der Waals surface area (Å²) in [6.07, 6.45) is 0. The molecule has 0 bridgehead atoms. The van der Waals surface area contributed by atoms with E-state index in [0.29, 0.717) is 6.61 Å². The van der Waals surface area contributed by atoms with Crippen LogP contribution in [-0.2, 0) is 16.1 Å². The van der Waals surface area contributed by atoms with E-state index in [1.807, 2.05) is 50.2 Å². The van der Waals surface area contributed by atoms with Crippen LogP contribution < -0.4 is 10.5 Å². The summed E-state index contributed by atoms with van der Waals surface area (Å²) in [5, 5.41) is 0. The highest BCUT2D eigenvalue weighted by Gasteiger charge is 2.20. The first-order valence-electron chi connectivity index (χ1n) is 7.59. The van der Waals surface area contributed by atoms with E-state index in [2.05, 4.69) is 6.07 Å². The molecule has 0 spiro atoms. The monoisotopic (exact) mass is 313 g/mol. The Morgan fingerprint density at radius 1 is 1.17 bits per heavy atom. The number of carbonyl (C=O) groups is 1. The van der Waals surface area contributed by atoms with Gasteiger partial charge in [-0.2, -0.15) is 0 Å². The van der Waals surface area contributed by atoms with Crippen molar-refractivity contribution in [3.05, 3.63) is 64.7 Å². The molecule has 2 aromatic carbocycles. The maximum absolute atomic E-state index is 11.7. The molecular formula is C19H23NO3. The van der Waals surface area contributed by atoms with Crippen LogP contribution in [0.4, 0.5) is 0 Å². The van der Waals surface area contributed by atoms with Gasteiger partial charge in [-0.1, -0.05) is 36.4 Å². The summed E-state index contributed by atoms with van der Waals surface area (Å²) in [4.78, 5) is 11.7. The molecule has 2 N–H and O–H groups in total. The van der Waals surface area contributed by atoms with E-state index in [9.17, 15) is 4.79 Å². The Balaban J connectivity index is 2.23. The highest BCUT2D eigenvalue weighted by atomic mass is 16.5. The second-order valence-corrected chi connectivity index (χ2v) is 5.67. The number of carbonyl (C=O) groups excluding carboxylic acids is 1. The van der Waals surface area contributed by atoms with Crippen molar-refractivity contribution in [1.82, 2.24) is 0 Å². The van der Waals surface area contributed by atoms with E-state index < -0.39 is 11.8 Å². The first kappa shape index (κ1) is 17.0. The van der Waals surface area contributed by atoms with Crippen molar-refractivity contribution >= 4 is 5.91 Å². The molecule has 0 aliphatic heterocycles. The summed E-state index contributed by atoms with van der Waals surface area (Å²) in [6.45, 7) is 4.68. The van der Waals surface area contributed by atoms with Crippen LogP contribution in [0, 0.1) is 13.8 Å². The number of ether oxygens (including phenoxy) is 2. The van der Waals surface area contributed by atoms with Gasteiger partial charge in [-0.3, -0.25) is 4.79 Å². The van der Waals surface area contributed by atoms with Gasteiger partial charge in [-0.25, -0.2) is 0 Å². The number of hydrogen-bond donors (Lipinski definition) is 1. The third-order valence-corrected chi connectivity index (χ3v) is 3.83. The molecule has 0 aliphatic rings. The van der Waals surface area contributed by atoms with Gasteiger partial charge in [0.05, 0.1) is 12.5 Å². The molecule has 1 amide bonds. The van der Waals surface area contributed by atoms with Gasteiger partial charge >= 0.3 is 0 Å². The van der Waals surface area contributed by atoms with Gasteiger partial charge in [-0.05, 0) is 42.2 Å². The zero-order valence-corrected chi connectivity index (χ0v) is 13.8. The van der Waals surface area contributed by atoms with Crippen LogP contribution >= 0.6 is 0 Å². The van der Waals surface area contributed by atoms with Crippen molar-refractivity contribution in [2.45, 2.75) is 26.4 Å². The second-order valence-electron chi connectivity index (χ2n) is 5.67. The molecule has 1 unspecified atom stereocenters. The van der Waals surface area contributed by atoms with Crippen molar-refractivity contribution in [2.24, 2.45) is 5.73 Å². The number of primary amides is 1. The van der Waals surface area contributed by atoms with Crippen LogP contribution in [-0.4, -0.2) is 19.6 Å². The molecule has 4 heteroatoms. The van der Waals surface area contributed by atoms with Gasteiger partial charge < -0.3 is 15.2 Å². The Kier molecular flexibility index (Phi) is 5.77. The zero-order chi connectivity index (χ0) is 16.8. The predicted molar refractivity (Wildman–Crippen MR) is 90.5 cm³/mol. The Morgan fingerprint density at radius 3 is 2.61 bits per heavy atom. The summed E-state index contributed by atoms with van der Waals surface area (Å²) >= 11 is 0. The number of amides is 1. The lowest BCUT2D eigenvalue weighted by Crippen LogP contribution is -2.26. The number of methoxy groups -OCH3 is 1. The van der Waals surface area contributed by atoms with E-state index >= 15 is 0 Å². The maximum atomic E-state index is 11.7. The standard InChI is InChI=1S/C19H23NO3/c1-13-8-9-14(2)18(10-13)23-11-15-6-4-5-7-16(15)17(12-22-3)19(20)21/h4-10,17H,11-12H2,1-3H3,(H2,20,21). The molecule has 23 heavy (non-hydrogen) atoms.